The molecule has 7 nitrogen and oxygen atoms in total. The fourth-order valence-corrected chi connectivity index (χ4v) is 4.23. The number of carbonyl (C=O) groups is 1. The van der Waals surface area contributed by atoms with Crippen molar-refractivity contribution in [3.05, 3.63) is 76.6 Å². The van der Waals surface area contributed by atoms with E-state index in [2.05, 4.69) is 23.2 Å². The highest BCUT2D eigenvalue weighted by atomic mass is 35.5. The SMILES string of the molecule is Cc1cc2c(cn1)CN(C(=O)Cn1nc(CC3CC3)nc1[C@H](N)Cc1ccccc1)C2.Cl.Cl. The van der Waals surface area contributed by atoms with Gasteiger partial charge in [0.25, 0.3) is 0 Å². The van der Waals surface area contributed by atoms with Crippen molar-refractivity contribution in [2.24, 2.45) is 11.7 Å². The van der Waals surface area contributed by atoms with Crippen molar-refractivity contribution in [1.29, 1.82) is 0 Å². The minimum Gasteiger partial charge on any atom is -0.332 e. The molecule has 1 atom stereocenters. The molecule has 1 amide bonds. The molecule has 33 heavy (non-hydrogen) atoms. The number of aryl methyl sites for hydroxylation is 1. The van der Waals surface area contributed by atoms with Gasteiger partial charge in [-0.15, -0.1) is 24.8 Å². The number of hydrogen-bond acceptors (Lipinski definition) is 5. The number of aromatic nitrogens is 4. The van der Waals surface area contributed by atoms with Crippen LogP contribution in [0.1, 0.15) is 52.9 Å². The lowest BCUT2D eigenvalue weighted by molar-refractivity contribution is -0.132. The minimum absolute atomic E-state index is 0. The average molecular weight is 489 g/mol. The van der Waals surface area contributed by atoms with Crippen LogP contribution in [0.5, 0.6) is 0 Å². The van der Waals surface area contributed by atoms with Gasteiger partial charge in [0.1, 0.15) is 12.4 Å². The van der Waals surface area contributed by atoms with Crippen molar-refractivity contribution < 1.29 is 4.79 Å². The second-order valence-electron chi connectivity index (χ2n) is 8.83. The first-order valence-electron chi connectivity index (χ1n) is 11.0. The van der Waals surface area contributed by atoms with E-state index in [1.807, 2.05) is 36.2 Å². The van der Waals surface area contributed by atoms with Crippen LogP contribution < -0.4 is 5.73 Å². The molecule has 0 spiro atoms. The summed E-state index contributed by atoms with van der Waals surface area (Å²) < 4.78 is 1.74. The number of nitrogens with two attached hydrogens (primary N) is 1. The molecule has 2 aliphatic rings. The van der Waals surface area contributed by atoms with E-state index in [4.69, 9.17) is 15.8 Å². The number of amides is 1. The lowest BCUT2D eigenvalue weighted by Crippen LogP contribution is -2.31. The minimum atomic E-state index is -0.307. The Labute approximate surface area is 206 Å². The van der Waals surface area contributed by atoms with Crippen molar-refractivity contribution in [1.82, 2.24) is 24.6 Å². The van der Waals surface area contributed by atoms with Crippen LogP contribution in [-0.4, -0.2) is 30.6 Å². The largest absolute Gasteiger partial charge is 0.332 e. The third-order valence-corrected chi connectivity index (χ3v) is 6.12. The smallest absolute Gasteiger partial charge is 0.244 e. The lowest BCUT2D eigenvalue weighted by atomic mass is 10.1. The molecular formula is C24H30Cl2N6O. The molecule has 1 saturated carbocycles. The van der Waals surface area contributed by atoms with E-state index in [1.54, 1.807) is 4.68 Å². The number of hydrogen-bond donors (Lipinski definition) is 1. The van der Waals surface area contributed by atoms with E-state index >= 15 is 0 Å². The molecule has 0 unspecified atom stereocenters. The van der Waals surface area contributed by atoms with E-state index in [9.17, 15) is 4.79 Å². The molecule has 0 saturated heterocycles. The number of pyridine rings is 1. The summed E-state index contributed by atoms with van der Waals surface area (Å²) in [6, 6.07) is 11.9. The van der Waals surface area contributed by atoms with Gasteiger partial charge in [-0.05, 0) is 54.9 Å². The van der Waals surface area contributed by atoms with E-state index in [-0.39, 0.29) is 43.3 Å². The Kier molecular flexibility index (Phi) is 8.10. The molecule has 1 fully saturated rings. The first-order valence-corrected chi connectivity index (χ1v) is 11.0. The summed E-state index contributed by atoms with van der Waals surface area (Å²) >= 11 is 0. The summed E-state index contributed by atoms with van der Waals surface area (Å²) in [5, 5.41) is 4.69. The topological polar surface area (TPSA) is 89.9 Å². The van der Waals surface area contributed by atoms with Crippen LogP contribution >= 0.6 is 24.8 Å². The predicted octanol–water partition coefficient (Wildman–Crippen LogP) is 3.56. The van der Waals surface area contributed by atoms with Gasteiger partial charge in [-0.3, -0.25) is 9.78 Å². The monoisotopic (exact) mass is 488 g/mol. The third kappa shape index (κ3) is 5.91. The first-order chi connectivity index (χ1) is 15.0. The van der Waals surface area contributed by atoms with E-state index in [0.717, 1.165) is 29.1 Å². The summed E-state index contributed by atoms with van der Waals surface area (Å²) in [6.45, 7) is 3.35. The summed E-state index contributed by atoms with van der Waals surface area (Å²) in [6.07, 6.45) is 5.88. The predicted molar refractivity (Wildman–Crippen MR) is 131 cm³/mol. The van der Waals surface area contributed by atoms with E-state index < -0.39 is 0 Å². The second-order valence-corrected chi connectivity index (χ2v) is 8.83. The number of fused-ring (bicyclic) bond motifs is 1. The number of rotatable bonds is 7. The summed E-state index contributed by atoms with van der Waals surface area (Å²) in [7, 11) is 0. The molecule has 176 valence electrons. The van der Waals surface area contributed by atoms with Gasteiger partial charge in [0.2, 0.25) is 5.91 Å². The molecule has 0 bridgehead atoms. The van der Waals surface area contributed by atoms with Crippen molar-refractivity contribution in [2.75, 3.05) is 0 Å². The zero-order valence-electron chi connectivity index (χ0n) is 18.7. The number of nitrogens with zero attached hydrogens (tertiary/aromatic N) is 5. The van der Waals surface area contributed by atoms with E-state index in [1.165, 1.54) is 18.4 Å². The fraction of sp³-hybridized carbons (Fsp3) is 0.417. The van der Waals surface area contributed by atoms with Gasteiger partial charge in [-0.25, -0.2) is 9.67 Å². The zero-order valence-corrected chi connectivity index (χ0v) is 20.3. The van der Waals surface area contributed by atoms with Crippen molar-refractivity contribution in [2.45, 2.75) is 58.3 Å². The highest BCUT2D eigenvalue weighted by Crippen LogP contribution is 2.32. The summed E-state index contributed by atoms with van der Waals surface area (Å²) in [4.78, 5) is 24.1. The first kappa shape index (κ1) is 25.1. The Bertz CT molecular complexity index is 1100. The van der Waals surface area contributed by atoms with Gasteiger partial charge in [0, 0.05) is 31.4 Å². The molecular weight excluding hydrogens is 459 g/mol. The Hall–Kier alpha value is -2.48. The molecule has 1 aliphatic carbocycles. The number of halogens is 2. The van der Waals surface area contributed by atoms with Crippen molar-refractivity contribution in [3.8, 4) is 0 Å². The molecule has 5 rings (SSSR count). The Morgan fingerprint density at radius 3 is 2.61 bits per heavy atom. The van der Waals surface area contributed by atoms with E-state index in [0.29, 0.717) is 31.3 Å². The molecule has 1 aliphatic heterocycles. The van der Waals surface area contributed by atoms with Crippen molar-refractivity contribution in [3.63, 3.8) is 0 Å². The normalized spacial score (nSPS) is 15.4. The Morgan fingerprint density at radius 2 is 1.88 bits per heavy atom. The van der Waals surface area contributed by atoms with Crippen LogP contribution in [0.25, 0.3) is 0 Å². The maximum Gasteiger partial charge on any atom is 0.244 e. The highest BCUT2D eigenvalue weighted by molar-refractivity contribution is 5.85. The lowest BCUT2D eigenvalue weighted by Gasteiger charge is -2.17. The molecule has 9 heteroatoms. The standard InChI is InChI=1S/C24H28N6O.2ClH/c1-16-9-19-13-29(14-20(19)12-26-16)23(31)15-30-24(27-22(28-30)11-18-7-8-18)21(25)10-17-5-3-2-4-6-17;;/h2-6,9,12,18,21H,7-8,10-11,13-15,25H2,1H3;2*1H/t21-;;/m1../s1. The fourth-order valence-electron chi connectivity index (χ4n) is 4.23. The molecule has 2 aromatic heterocycles. The van der Waals surface area contributed by atoms with Gasteiger partial charge >= 0.3 is 0 Å². The van der Waals surface area contributed by atoms with Gasteiger partial charge in [0.05, 0.1) is 6.04 Å². The van der Waals surface area contributed by atoms with Crippen LogP contribution in [0, 0.1) is 12.8 Å². The molecule has 3 aromatic rings. The second kappa shape index (κ2) is 10.6. The van der Waals surface area contributed by atoms with Gasteiger partial charge in [0.15, 0.2) is 5.82 Å². The quantitative estimate of drug-likeness (QED) is 0.548. The highest BCUT2D eigenvalue weighted by Gasteiger charge is 2.28. The Morgan fingerprint density at radius 1 is 1.15 bits per heavy atom. The summed E-state index contributed by atoms with van der Waals surface area (Å²) in [5.74, 6) is 2.21. The van der Waals surface area contributed by atoms with Crippen LogP contribution in [-0.2, 0) is 37.3 Å². The third-order valence-electron chi connectivity index (χ3n) is 6.12. The number of benzene rings is 1. The average Bonchev–Trinajstić information content (AvgIpc) is 3.32. The maximum atomic E-state index is 13.1. The number of carbonyl (C=O) groups excluding carboxylic acids is 1. The van der Waals surface area contributed by atoms with Crippen LogP contribution in [0.15, 0.2) is 42.6 Å². The molecule has 1 aromatic carbocycles. The van der Waals surface area contributed by atoms with Gasteiger partial charge < -0.3 is 10.6 Å². The van der Waals surface area contributed by atoms with Gasteiger partial charge in [-0.2, -0.15) is 5.10 Å². The molecule has 0 radical (unpaired) electrons. The zero-order chi connectivity index (χ0) is 21.4. The van der Waals surface area contributed by atoms with Gasteiger partial charge in [-0.1, -0.05) is 30.3 Å². The van der Waals surface area contributed by atoms with Crippen molar-refractivity contribution >= 4 is 30.7 Å². The molecule has 2 N–H and O–H groups in total. The van der Waals surface area contributed by atoms with Crippen LogP contribution in [0.3, 0.4) is 0 Å². The Balaban J connectivity index is 0.00000153. The van der Waals surface area contributed by atoms with Crippen LogP contribution in [0.4, 0.5) is 0 Å². The molecule has 3 heterocycles. The maximum absolute atomic E-state index is 13.1. The van der Waals surface area contributed by atoms with Crippen LogP contribution in [0.2, 0.25) is 0 Å². The summed E-state index contributed by atoms with van der Waals surface area (Å²) in [5.41, 5.74) is 11.0.